The SMILES string of the molecule is CC(C)C1CCC(C(=O)O)C(c2ccc(Cl)cc2)C1. The molecule has 0 heterocycles. The van der Waals surface area contributed by atoms with Crippen molar-refractivity contribution in [1.82, 2.24) is 0 Å². The van der Waals surface area contributed by atoms with E-state index in [-0.39, 0.29) is 11.8 Å². The number of carboxylic acid groups (broad SMARTS) is 1. The first-order chi connectivity index (χ1) is 8.99. The molecular weight excluding hydrogens is 260 g/mol. The lowest BCUT2D eigenvalue weighted by molar-refractivity contribution is -0.144. The van der Waals surface area contributed by atoms with E-state index in [1.807, 2.05) is 24.3 Å². The van der Waals surface area contributed by atoms with Gasteiger partial charge in [-0.25, -0.2) is 0 Å². The highest BCUT2D eigenvalue weighted by Gasteiger charge is 2.36. The highest BCUT2D eigenvalue weighted by Crippen LogP contribution is 2.43. The number of benzene rings is 1. The minimum atomic E-state index is -0.665. The smallest absolute Gasteiger partial charge is 0.307 e. The Morgan fingerprint density at radius 3 is 2.42 bits per heavy atom. The van der Waals surface area contributed by atoms with E-state index in [0.717, 1.165) is 24.8 Å². The molecule has 19 heavy (non-hydrogen) atoms. The second-order valence-electron chi connectivity index (χ2n) is 5.92. The third kappa shape index (κ3) is 3.30. The zero-order chi connectivity index (χ0) is 14.0. The third-order valence-corrected chi connectivity index (χ3v) is 4.70. The first kappa shape index (κ1) is 14.4. The van der Waals surface area contributed by atoms with Gasteiger partial charge in [0.05, 0.1) is 5.92 Å². The van der Waals surface area contributed by atoms with Crippen molar-refractivity contribution in [2.24, 2.45) is 17.8 Å². The lowest BCUT2D eigenvalue weighted by Crippen LogP contribution is -2.31. The number of halogens is 1. The molecule has 0 amide bonds. The summed E-state index contributed by atoms with van der Waals surface area (Å²) in [6, 6.07) is 7.67. The molecule has 2 nitrogen and oxygen atoms in total. The number of aliphatic carboxylic acids is 1. The van der Waals surface area contributed by atoms with Gasteiger partial charge in [0.25, 0.3) is 0 Å². The molecule has 0 bridgehead atoms. The molecule has 3 atom stereocenters. The van der Waals surface area contributed by atoms with Crippen LogP contribution >= 0.6 is 11.6 Å². The van der Waals surface area contributed by atoms with Crippen molar-refractivity contribution in [2.75, 3.05) is 0 Å². The summed E-state index contributed by atoms with van der Waals surface area (Å²) in [6.45, 7) is 4.45. The van der Waals surface area contributed by atoms with Gasteiger partial charge in [0.15, 0.2) is 0 Å². The van der Waals surface area contributed by atoms with Gasteiger partial charge in [-0.2, -0.15) is 0 Å². The van der Waals surface area contributed by atoms with E-state index in [1.54, 1.807) is 0 Å². The monoisotopic (exact) mass is 280 g/mol. The Morgan fingerprint density at radius 2 is 1.89 bits per heavy atom. The van der Waals surface area contributed by atoms with Crippen molar-refractivity contribution in [1.29, 1.82) is 0 Å². The van der Waals surface area contributed by atoms with Crippen LogP contribution in [0.15, 0.2) is 24.3 Å². The van der Waals surface area contributed by atoms with Crippen LogP contribution in [-0.2, 0) is 4.79 Å². The number of carboxylic acids is 1. The van der Waals surface area contributed by atoms with Crippen molar-refractivity contribution < 1.29 is 9.90 Å². The first-order valence-corrected chi connectivity index (χ1v) is 7.35. The summed E-state index contributed by atoms with van der Waals surface area (Å²) in [7, 11) is 0. The Labute approximate surface area is 119 Å². The maximum absolute atomic E-state index is 11.5. The van der Waals surface area contributed by atoms with Gasteiger partial charge in [-0.05, 0) is 54.7 Å². The molecule has 1 fully saturated rings. The Bertz CT molecular complexity index is 439. The van der Waals surface area contributed by atoms with E-state index in [1.165, 1.54) is 0 Å². The molecule has 1 saturated carbocycles. The molecule has 1 aliphatic carbocycles. The predicted octanol–water partition coefficient (Wildman–Crippen LogP) is 4.58. The van der Waals surface area contributed by atoms with Gasteiger partial charge in [0, 0.05) is 5.02 Å². The van der Waals surface area contributed by atoms with Gasteiger partial charge in [-0.15, -0.1) is 0 Å². The fourth-order valence-electron chi connectivity index (χ4n) is 3.18. The zero-order valence-electron chi connectivity index (χ0n) is 11.5. The molecule has 1 aromatic rings. The highest BCUT2D eigenvalue weighted by molar-refractivity contribution is 6.30. The maximum atomic E-state index is 11.5. The molecule has 104 valence electrons. The largest absolute Gasteiger partial charge is 0.481 e. The van der Waals surface area contributed by atoms with Crippen LogP contribution in [-0.4, -0.2) is 11.1 Å². The van der Waals surface area contributed by atoms with Crippen LogP contribution in [0.2, 0.25) is 5.02 Å². The minimum Gasteiger partial charge on any atom is -0.481 e. The van der Waals surface area contributed by atoms with E-state index in [9.17, 15) is 9.90 Å². The van der Waals surface area contributed by atoms with Crippen LogP contribution in [0.4, 0.5) is 0 Å². The van der Waals surface area contributed by atoms with Crippen molar-refractivity contribution >= 4 is 17.6 Å². The minimum absolute atomic E-state index is 0.121. The molecule has 2 rings (SSSR count). The summed E-state index contributed by atoms with van der Waals surface area (Å²) < 4.78 is 0. The van der Waals surface area contributed by atoms with E-state index in [0.29, 0.717) is 16.9 Å². The number of rotatable bonds is 3. The Kier molecular flexibility index (Phi) is 4.51. The molecule has 1 aliphatic rings. The normalized spacial score (nSPS) is 27.5. The van der Waals surface area contributed by atoms with Crippen LogP contribution in [0.1, 0.15) is 44.6 Å². The van der Waals surface area contributed by atoms with Crippen molar-refractivity contribution in [3.8, 4) is 0 Å². The molecule has 0 spiro atoms. The van der Waals surface area contributed by atoms with Crippen LogP contribution < -0.4 is 0 Å². The van der Waals surface area contributed by atoms with Crippen LogP contribution in [0.3, 0.4) is 0 Å². The second kappa shape index (κ2) is 5.96. The van der Waals surface area contributed by atoms with Crippen molar-refractivity contribution in [3.05, 3.63) is 34.9 Å². The summed E-state index contributed by atoms with van der Waals surface area (Å²) in [5.41, 5.74) is 1.11. The summed E-state index contributed by atoms with van der Waals surface area (Å²) in [6.07, 6.45) is 2.78. The number of hydrogen-bond donors (Lipinski definition) is 1. The van der Waals surface area contributed by atoms with Crippen LogP contribution in [0, 0.1) is 17.8 Å². The third-order valence-electron chi connectivity index (χ3n) is 4.45. The lowest BCUT2D eigenvalue weighted by Gasteiger charge is -2.36. The molecule has 1 aromatic carbocycles. The quantitative estimate of drug-likeness (QED) is 0.880. The summed E-state index contributed by atoms with van der Waals surface area (Å²) in [5, 5.41) is 10.1. The van der Waals surface area contributed by atoms with Gasteiger partial charge in [-0.1, -0.05) is 37.6 Å². The molecule has 1 N–H and O–H groups in total. The van der Waals surface area contributed by atoms with Crippen LogP contribution in [0.5, 0.6) is 0 Å². The van der Waals surface area contributed by atoms with Gasteiger partial charge >= 0.3 is 5.97 Å². The van der Waals surface area contributed by atoms with Crippen molar-refractivity contribution in [3.63, 3.8) is 0 Å². The van der Waals surface area contributed by atoms with E-state index in [4.69, 9.17) is 11.6 Å². The molecule has 0 aromatic heterocycles. The Morgan fingerprint density at radius 1 is 1.26 bits per heavy atom. The van der Waals surface area contributed by atoms with Gasteiger partial charge < -0.3 is 5.11 Å². The molecular formula is C16H21ClO2. The topological polar surface area (TPSA) is 37.3 Å². The first-order valence-electron chi connectivity index (χ1n) is 6.97. The highest BCUT2D eigenvalue weighted by atomic mass is 35.5. The maximum Gasteiger partial charge on any atom is 0.307 e. The zero-order valence-corrected chi connectivity index (χ0v) is 12.2. The standard InChI is InChI=1S/C16H21ClO2/c1-10(2)12-5-8-14(16(18)19)15(9-12)11-3-6-13(17)7-4-11/h3-4,6-7,10,12,14-15H,5,8-9H2,1-2H3,(H,18,19). The van der Waals surface area contributed by atoms with Crippen molar-refractivity contribution in [2.45, 2.75) is 39.0 Å². The molecule has 3 heteroatoms. The number of hydrogen-bond acceptors (Lipinski definition) is 1. The van der Waals surface area contributed by atoms with Crippen LogP contribution in [0.25, 0.3) is 0 Å². The average Bonchev–Trinajstić information content (AvgIpc) is 2.38. The lowest BCUT2D eigenvalue weighted by atomic mass is 9.68. The average molecular weight is 281 g/mol. The Hall–Kier alpha value is -1.02. The fraction of sp³-hybridized carbons (Fsp3) is 0.562. The predicted molar refractivity (Wildman–Crippen MR) is 77.5 cm³/mol. The van der Waals surface area contributed by atoms with Gasteiger partial charge in [-0.3, -0.25) is 4.79 Å². The van der Waals surface area contributed by atoms with E-state index in [2.05, 4.69) is 13.8 Å². The van der Waals surface area contributed by atoms with Gasteiger partial charge in [0.2, 0.25) is 0 Å². The number of carbonyl (C=O) groups is 1. The molecule has 0 aliphatic heterocycles. The molecule has 0 radical (unpaired) electrons. The summed E-state index contributed by atoms with van der Waals surface area (Å²) in [4.78, 5) is 11.5. The fourth-order valence-corrected chi connectivity index (χ4v) is 3.31. The van der Waals surface area contributed by atoms with E-state index < -0.39 is 5.97 Å². The van der Waals surface area contributed by atoms with E-state index >= 15 is 0 Å². The molecule has 0 saturated heterocycles. The molecule has 3 unspecified atom stereocenters. The van der Waals surface area contributed by atoms with Gasteiger partial charge in [0.1, 0.15) is 0 Å². The summed E-state index contributed by atoms with van der Waals surface area (Å²) >= 11 is 5.91. The second-order valence-corrected chi connectivity index (χ2v) is 6.36. The Balaban J connectivity index is 2.25. The summed E-state index contributed by atoms with van der Waals surface area (Å²) in [5.74, 6) is 0.440.